The number of aliphatic carboxylic acids is 1. The first-order valence-electron chi connectivity index (χ1n) is 8.29. The summed E-state index contributed by atoms with van der Waals surface area (Å²) in [7, 11) is 0. The molecule has 2 saturated heterocycles. The van der Waals surface area contributed by atoms with Crippen LogP contribution < -0.4 is 9.64 Å². The summed E-state index contributed by atoms with van der Waals surface area (Å²) in [6.07, 6.45) is 2.06. The highest BCUT2D eigenvalue weighted by molar-refractivity contribution is 5.98. The predicted molar refractivity (Wildman–Crippen MR) is 93.0 cm³/mol. The first-order valence-corrected chi connectivity index (χ1v) is 8.29. The van der Waals surface area contributed by atoms with Crippen molar-refractivity contribution in [1.29, 1.82) is 0 Å². The second-order valence-electron chi connectivity index (χ2n) is 6.34. The van der Waals surface area contributed by atoms with Crippen molar-refractivity contribution in [3.8, 4) is 5.75 Å². The molecule has 2 aliphatic rings. The predicted octanol–water partition coefficient (Wildman–Crippen LogP) is 2.61. The van der Waals surface area contributed by atoms with Crippen LogP contribution in [0.2, 0.25) is 0 Å². The van der Waals surface area contributed by atoms with Crippen LogP contribution in [0.4, 0.5) is 14.5 Å². The molecular formula is C17H21ClF2N2O4. The summed E-state index contributed by atoms with van der Waals surface area (Å²) in [6.45, 7) is -1.34. The van der Waals surface area contributed by atoms with Gasteiger partial charge >= 0.3 is 12.6 Å². The molecule has 0 aliphatic carbocycles. The van der Waals surface area contributed by atoms with Gasteiger partial charge in [0, 0.05) is 18.8 Å². The van der Waals surface area contributed by atoms with Crippen LogP contribution in [0.25, 0.3) is 0 Å². The van der Waals surface area contributed by atoms with Gasteiger partial charge < -0.3 is 14.7 Å². The van der Waals surface area contributed by atoms with E-state index in [9.17, 15) is 18.4 Å². The van der Waals surface area contributed by atoms with Crippen molar-refractivity contribution in [1.82, 2.24) is 4.90 Å². The van der Waals surface area contributed by atoms with E-state index in [1.165, 1.54) is 12.1 Å². The Morgan fingerprint density at radius 2 is 1.88 bits per heavy atom. The molecule has 0 bridgehead atoms. The molecular weight excluding hydrogens is 370 g/mol. The Balaban J connectivity index is 0.00000243. The minimum absolute atomic E-state index is 0. The fraction of sp³-hybridized carbons (Fsp3) is 0.529. The van der Waals surface area contributed by atoms with Crippen LogP contribution >= 0.6 is 12.4 Å². The number of halogens is 3. The second kappa shape index (κ2) is 8.64. The highest BCUT2D eigenvalue weighted by atomic mass is 35.5. The van der Waals surface area contributed by atoms with Gasteiger partial charge in [-0.25, -0.2) is 0 Å². The molecule has 0 spiro atoms. The zero-order chi connectivity index (χ0) is 18.0. The lowest BCUT2D eigenvalue weighted by atomic mass is 10.0. The van der Waals surface area contributed by atoms with E-state index in [2.05, 4.69) is 4.74 Å². The van der Waals surface area contributed by atoms with Crippen molar-refractivity contribution in [2.24, 2.45) is 5.92 Å². The first kappa shape index (κ1) is 20.4. The van der Waals surface area contributed by atoms with Gasteiger partial charge in [-0.3, -0.25) is 14.5 Å². The molecule has 0 aromatic heterocycles. The minimum atomic E-state index is -2.89. The zero-order valence-electron chi connectivity index (χ0n) is 14.0. The lowest BCUT2D eigenvalue weighted by Crippen LogP contribution is -2.52. The Hall–Kier alpha value is -1.93. The Morgan fingerprint density at radius 3 is 2.46 bits per heavy atom. The zero-order valence-corrected chi connectivity index (χ0v) is 14.8. The number of likely N-dealkylation sites (tertiary alicyclic amines) is 1. The Kier molecular flexibility index (Phi) is 6.77. The maximum Gasteiger partial charge on any atom is 0.387 e. The maximum absolute atomic E-state index is 12.8. The van der Waals surface area contributed by atoms with E-state index < -0.39 is 18.5 Å². The molecule has 0 saturated carbocycles. The van der Waals surface area contributed by atoms with Gasteiger partial charge in [0.25, 0.3) is 0 Å². The average Bonchev–Trinajstić information content (AvgIpc) is 3.05. The van der Waals surface area contributed by atoms with E-state index in [0.717, 1.165) is 6.42 Å². The van der Waals surface area contributed by atoms with Gasteiger partial charge in [0.2, 0.25) is 5.91 Å². The number of rotatable bonds is 5. The number of anilines is 1. The number of benzene rings is 1. The number of carboxylic acids is 1. The van der Waals surface area contributed by atoms with E-state index in [1.807, 2.05) is 4.90 Å². The summed E-state index contributed by atoms with van der Waals surface area (Å²) < 4.78 is 28.8. The van der Waals surface area contributed by atoms with E-state index in [1.54, 1.807) is 17.0 Å². The summed E-state index contributed by atoms with van der Waals surface area (Å²) in [5.74, 6) is -1.27. The smallest absolute Gasteiger partial charge is 0.387 e. The molecule has 2 fully saturated rings. The minimum Gasteiger partial charge on any atom is -0.481 e. The number of alkyl halides is 2. The van der Waals surface area contributed by atoms with Crippen LogP contribution in [0.5, 0.6) is 5.75 Å². The topological polar surface area (TPSA) is 70.1 Å². The number of carbonyl (C=O) groups is 2. The third-order valence-corrected chi connectivity index (χ3v) is 4.79. The maximum atomic E-state index is 12.8. The Bertz CT molecular complexity index is 644. The van der Waals surface area contributed by atoms with Crippen molar-refractivity contribution >= 4 is 30.0 Å². The highest BCUT2D eigenvalue weighted by Gasteiger charge is 2.39. The number of carbonyl (C=O) groups excluding carboxylic acids is 1. The van der Waals surface area contributed by atoms with Crippen molar-refractivity contribution < 1.29 is 28.2 Å². The largest absolute Gasteiger partial charge is 0.481 e. The van der Waals surface area contributed by atoms with E-state index in [4.69, 9.17) is 5.11 Å². The van der Waals surface area contributed by atoms with Crippen molar-refractivity contribution in [2.45, 2.75) is 31.9 Å². The second-order valence-corrected chi connectivity index (χ2v) is 6.34. The third-order valence-electron chi connectivity index (χ3n) is 4.79. The van der Waals surface area contributed by atoms with Crippen molar-refractivity contribution in [3.63, 3.8) is 0 Å². The van der Waals surface area contributed by atoms with Gasteiger partial charge in [-0.05, 0) is 50.1 Å². The number of hydrogen-bond acceptors (Lipinski definition) is 4. The first-order chi connectivity index (χ1) is 12.0. The van der Waals surface area contributed by atoms with Crippen LogP contribution in [0.1, 0.15) is 19.3 Å². The lowest BCUT2D eigenvalue weighted by Gasteiger charge is -2.36. The molecule has 2 unspecified atom stereocenters. The van der Waals surface area contributed by atoms with Crippen molar-refractivity contribution in [3.05, 3.63) is 24.3 Å². The standard InChI is InChI=1S/C17H20F2N2O4.ClH/c18-17(19)25-13-5-3-12(4-6-13)21-8-1-2-14(15(21)22)20-9-7-11(10-20)16(23)24;/h3-6,11,14,17H,1-2,7-10H2,(H,23,24);1H. The van der Waals surface area contributed by atoms with Gasteiger partial charge in [-0.15, -0.1) is 12.4 Å². The van der Waals surface area contributed by atoms with Gasteiger partial charge in [0.15, 0.2) is 0 Å². The number of amides is 1. The van der Waals surface area contributed by atoms with Crippen LogP contribution in [-0.2, 0) is 9.59 Å². The number of carboxylic acid groups (broad SMARTS) is 1. The van der Waals surface area contributed by atoms with Crippen LogP contribution in [0.15, 0.2) is 24.3 Å². The summed E-state index contributed by atoms with van der Waals surface area (Å²) in [5, 5.41) is 9.13. The molecule has 3 rings (SSSR count). The third kappa shape index (κ3) is 4.42. The average molecular weight is 391 g/mol. The molecule has 0 radical (unpaired) electrons. The van der Waals surface area contributed by atoms with Gasteiger partial charge in [-0.1, -0.05) is 0 Å². The molecule has 26 heavy (non-hydrogen) atoms. The molecule has 1 aromatic rings. The molecule has 2 aliphatic heterocycles. The number of nitrogens with zero attached hydrogens (tertiary/aromatic N) is 2. The number of hydrogen-bond donors (Lipinski definition) is 1. The molecule has 1 amide bonds. The molecule has 144 valence electrons. The number of ether oxygens (including phenoxy) is 1. The van der Waals surface area contributed by atoms with Gasteiger partial charge in [0.05, 0.1) is 12.0 Å². The van der Waals surface area contributed by atoms with E-state index >= 15 is 0 Å². The molecule has 6 nitrogen and oxygen atoms in total. The fourth-order valence-electron chi connectivity index (χ4n) is 3.53. The molecule has 2 heterocycles. The van der Waals surface area contributed by atoms with Crippen molar-refractivity contribution in [2.75, 3.05) is 24.5 Å². The monoisotopic (exact) mass is 390 g/mol. The summed E-state index contributed by atoms with van der Waals surface area (Å²) in [6, 6.07) is 5.67. The van der Waals surface area contributed by atoms with Crippen LogP contribution in [0, 0.1) is 5.92 Å². The molecule has 2 atom stereocenters. The molecule has 1 aromatic carbocycles. The van der Waals surface area contributed by atoms with Crippen LogP contribution in [0.3, 0.4) is 0 Å². The Labute approximate surface area is 156 Å². The normalized spacial score (nSPS) is 23.8. The van der Waals surface area contributed by atoms with Gasteiger partial charge in [0.1, 0.15) is 5.75 Å². The van der Waals surface area contributed by atoms with E-state index in [-0.39, 0.29) is 30.1 Å². The molecule has 9 heteroatoms. The summed E-state index contributed by atoms with van der Waals surface area (Å²) in [5.41, 5.74) is 0.630. The van der Waals surface area contributed by atoms with Crippen LogP contribution in [-0.4, -0.2) is 54.2 Å². The summed E-state index contributed by atoms with van der Waals surface area (Å²) in [4.78, 5) is 27.5. The fourth-order valence-corrected chi connectivity index (χ4v) is 3.53. The van der Waals surface area contributed by atoms with Gasteiger partial charge in [-0.2, -0.15) is 8.78 Å². The summed E-state index contributed by atoms with van der Waals surface area (Å²) >= 11 is 0. The highest BCUT2D eigenvalue weighted by Crippen LogP contribution is 2.29. The quantitative estimate of drug-likeness (QED) is 0.837. The SMILES string of the molecule is Cl.O=C(O)C1CCN(C2CCCN(c3ccc(OC(F)F)cc3)C2=O)C1. The number of piperidine rings is 1. The molecule has 1 N–H and O–H groups in total. The van der Waals surface area contributed by atoms with E-state index in [0.29, 0.717) is 38.2 Å². The lowest BCUT2D eigenvalue weighted by molar-refractivity contribution is -0.141. The Morgan fingerprint density at radius 1 is 1.19 bits per heavy atom.